The van der Waals surface area contributed by atoms with Gasteiger partial charge in [-0.2, -0.15) is 0 Å². The zero-order valence-electron chi connectivity index (χ0n) is 13.4. The van der Waals surface area contributed by atoms with Crippen molar-refractivity contribution in [1.29, 1.82) is 0 Å². The molecule has 0 saturated heterocycles. The normalized spacial score (nSPS) is 10.6. The molecule has 2 aromatic rings. The SMILES string of the molecule is CC(C)c1ccc(CCNC(=O)COC(=O)c2ccco2)cc1. The van der Waals surface area contributed by atoms with E-state index in [1.54, 1.807) is 6.07 Å². The van der Waals surface area contributed by atoms with Gasteiger partial charge in [-0.3, -0.25) is 4.79 Å². The summed E-state index contributed by atoms with van der Waals surface area (Å²) < 4.78 is 9.73. The second-order valence-electron chi connectivity index (χ2n) is 5.55. The van der Waals surface area contributed by atoms with Gasteiger partial charge in [0.05, 0.1) is 6.26 Å². The fourth-order valence-electron chi connectivity index (χ4n) is 2.06. The highest BCUT2D eigenvalue weighted by atomic mass is 16.5. The van der Waals surface area contributed by atoms with Gasteiger partial charge < -0.3 is 14.5 Å². The van der Waals surface area contributed by atoms with Crippen molar-refractivity contribution >= 4 is 11.9 Å². The van der Waals surface area contributed by atoms with E-state index >= 15 is 0 Å². The van der Waals surface area contributed by atoms with E-state index in [9.17, 15) is 9.59 Å². The lowest BCUT2D eigenvalue weighted by Crippen LogP contribution is -2.30. The molecule has 0 aliphatic carbocycles. The van der Waals surface area contributed by atoms with Crippen LogP contribution in [0.4, 0.5) is 0 Å². The van der Waals surface area contributed by atoms with Gasteiger partial charge in [-0.15, -0.1) is 0 Å². The maximum absolute atomic E-state index is 11.6. The average molecular weight is 315 g/mol. The molecule has 0 aliphatic heterocycles. The Balaban J connectivity index is 1.67. The van der Waals surface area contributed by atoms with Crippen LogP contribution >= 0.6 is 0 Å². The predicted octanol–water partition coefficient (Wildman–Crippen LogP) is 2.92. The molecule has 2 rings (SSSR count). The summed E-state index contributed by atoms with van der Waals surface area (Å²) in [6.45, 7) is 4.49. The Morgan fingerprint density at radius 1 is 1.17 bits per heavy atom. The summed E-state index contributed by atoms with van der Waals surface area (Å²) in [5.74, 6) is -0.381. The predicted molar refractivity (Wildman–Crippen MR) is 86.2 cm³/mol. The zero-order chi connectivity index (χ0) is 16.7. The van der Waals surface area contributed by atoms with E-state index < -0.39 is 5.97 Å². The molecule has 0 bridgehead atoms. The van der Waals surface area contributed by atoms with Gasteiger partial charge in [-0.1, -0.05) is 38.1 Å². The van der Waals surface area contributed by atoms with E-state index in [0.29, 0.717) is 12.5 Å². The van der Waals surface area contributed by atoms with E-state index in [2.05, 4.69) is 43.4 Å². The minimum atomic E-state index is -0.644. The number of furan rings is 1. The van der Waals surface area contributed by atoms with Gasteiger partial charge in [0, 0.05) is 6.54 Å². The molecule has 0 radical (unpaired) electrons. The zero-order valence-corrected chi connectivity index (χ0v) is 13.4. The van der Waals surface area contributed by atoms with Crippen molar-refractivity contribution in [3.63, 3.8) is 0 Å². The first-order valence-corrected chi connectivity index (χ1v) is 7.62. The van der Waals surface area contributed by atoms with Crippen molar-refractivity contribution in [3.8, 4) is 0 Å². The Morgan fingerprint density at radius 2 is 1.91 bits per heavy atom. The molecule has 5 heteroatoms. The summed E-state index contributed by atoms with van der Waals surface area (Å²) in [4.78, 5) is 23.1. The van der Waals surface area contributed by atoms with Crippen molar-refractivity contribution in [1.82, 2.24) is 5.32 Å². The molecule has 0 saturated carbocycles. The number of hydrogen-bond acceptors (Lipinski definition) is 4. The number of carbonyl (C=O) groups is 2. The summed E-state index contributed by atoms with van der Waals surface area (Å²) in [6, 6.07) is 11.4. The van der Waals surface area contributed by atoms with Crippen LogP contribution in [0.15, 0.2) is 47.1 Å². The van der Waals surface area contributed by atoms with Gasteiger partial charge in [-0.25, -0.2) is 4.79 Å². The van der Waals surface area contributed by atoms with Crippen LogP contribution in [0.2, 0.25) is 0 Å². The molecule has 1 amide bonds. The highest BCUT2D eigenvalue weighted by molar-refractivity contribution is 5.88. The number of esters is 1. The molecule has 23 heavy (non-hydrogen) atoms. The maximum Gasteiger partial charge on any atom is 0.374 e. The fourth-order valence-corrected chi connectivity index (χ4v) is 2.06. The third-order valence-corrected chi connectivity index (χ3v) is 3.44. The van der Waals surface area contributed by atoms with Crippen molar-refractivity contribution in [2.45, 2.75) is 26.2 Å². The van der Waals surface area contributed by atoms with E-state index in [1.807, 2.05) is 0 Å². The number of ether oxygens (including phenoxy) is 1. The second kappa shape index (κ2) is 8.17. The van der Waals surface area contributed by atoms with Crippen molar-refractivity contribution in [3.05, 3.63) is 59.5 Å². The third-order valence-electron chi connectivity index (χ3n) is 3.44. The molecule has 0 fully saturated rings. The van der Waals surface area contributed by atoms with Crippen LogP contribution in [0.3, 0.4) is 0 Å². The number of rotatable bonds is 7. The van der Waals surface area contributed by atoms with Gasteiger partial charge in [0.2, 0.25) is 5.76 Å². The van der Waals surface area contributed by atoms with Crippen LogP contribution in [0.5, 0.6) is 0 Å². The first-order chi connectivity index (χ1) is 11.1. The molecule has 0 spiro atoms. The van der Waals surface area contributed by atoms with E-state index in [0.717, 1.165) is 12.0 Å². The summed E-state index contributed by atoms with van der Waals surface area (Å²) in [7, 11) is 0. The minimum absolute atomic E-state index is 0.0862. The summed E-state index contributed by atoms with van der Waals surface area (Å²) in [5, 5.41) is 2.72. The molecule has 1 N–H and O–H groups in total. The molecular formula is C18H21NO4. The van der Waals surface area contributed by atoms with Crippen LogP contribution in [0, 0.1) is 0 Å². The van der Waals surface area contributed by atoms with Crippen LogP contribution in [0.25, 0.3) is 0 Å². The number of carbonyl (C=O) groups excluding carboxylic acids is 2. The molecule has 0 unspecified atom stereocenters. The van der Waals surface area contributed by atoms with Gasteiger partial charge in [-0.05, 0) is 35.6 Å². The quantitative estimate of drug-likeness (QED) is 0.798. The van der Waals surface area contributed by atoms with Crippen LogP contribution in [-0.4, -0.2) is 25.0 Å². The highest BCUT2D eigenvalue weighted by Crippen LogP contribution is 2.14. The summed E-state index contributed by atoms with van der Waals surface area (Å²) in [6.07, 6.45) is 2.11. The lowest BCUT2D eigenvalue weighted by Gasteiger charge is -2.08. The molecule has 5 nitrogen and oxygen atoms in total. The van der Waals surface area contributed by atoms with Gasteiger partial charge in [0.15, 0.2) is 6.61 Å². The molecule has 0 aliphatic rings. The molecule has 1 aromatic carbocycles. The highest BCUT2D eigenvalue weighted by Gasteiger charge is 2.12. The van der Waals surface area contributed by atoms with Crippen molar-refractivity contribution in [2.24, 2.45) is 0 Å². The smallest absolute Gasteiger partial charge is 0.374 e. The van der Waals surface area contributed by atoms with Crippen LogP contribution in [0.1, 0.15) is 41.4 Å². The Morgan fingerprint density at radius 3 is 2.52 bits per heavy atom. The number of nitrogens with one attached hydrogen (secondary N) is 1. The Kier molecular flexibility index (Phi) is 5.97. The minimum Gasteiger partial charge on any atom is -0.457 e. The van der Waals surface area contributed by atoms with E-state index in [-0.39, 0.29) is 18.3 Å². The van der Waals surface area contributed by atoms with E-state index in [1.165, 1.54) is 17.9 Å². The Bertz CT molecular complexity index is 630. The molecular weight excluding hydrogens is 294 g/mol. The Labute approximate surface area is 135 Å². The fraction of sp³-hybridized carbons (Fsp3) is 0.333. The largest absolute Gasteiger partial charge is 0.457 e. The number of hydrogen-bond donors (Lipinski definition) is 1. The van der Waals surface area contributed by atoms with Crippen molar-refractivity contribution in [2.75, 3.05) is 13.2 Å². The van der Waals surface area contributed by atoms with Gasteiger partial charge >= 0.3 is 5.97 Å². The standard InChI is InChI=1S/C18H21NO4/c1-13(2)15-7-5-14(6-8-15)9-10-19-17(20)12-23-18(21)16-4-3-11-22-16/h3-8,11,13H,9-10,12H2,1-2H3,(H,19,20). The van der Waals surface area contributed by atoms with Gasteiger partial charge in [0.25, 0.3) is 5.91 Å². The first kappa shape index (κ1) is 16.8. The molecule has 1 heterocycles. The number of benzene rings is 1. The molecule has 122 valence electrons. The van der Waals surface area contributed by atoms with Crippen molar-refractivity contribution < 1.29 is 18.7 Å². The number of amides is 1. The van der Waals surface area contributed by atoms with Gasteiger partial charge in [0.1, 0.15) is 0 Å². The van der Waals surface area contributed by atoms with Crippen LogP contribution in [-0.2, 0) is 16.0 Å². The lowest BCUT2D eigenvalue weighted by molar-refractivity contribution is -0.124. The average Bonchev–Trinajstić information content (AvgIpc) is 3.07. The molecule has 0 atom stereocenters. The molecule has 1 aromatic heterocycles. The Hall–Kier alpha value is -2.56. The second-order valence-corrected chi connectivity index (χ2v) is 5.55. The lowest BCUT2D eigenvalue weighted by atomic mass is 10.0. The van der Waals surface area contributed by atoms with Crippen LogP contribution < -0.4 is 5.32 Å². The third kappa shape index (κ3) is 5.29. The maximum atomic E-state index is 11.6. The first-order valence-electron chi connectivity index (χ1n) is 7.62. The summed E-state index contributed by atoms with van der Waals surface area (Å²) in [5.41, 5.74) is 2.45. The topological polar surface area (TPSA) is 68.5 Å². The van der Waals surface area contributed by atoms with E-state index in [4.69, 9.17) is 9.15 Å². The summed E-state index contributed by atoms with van der Waals surface area (Å²) >= 11 is 0. The monoisotopic (exact) mass is 315 g/mol.